The third-order valence-electron chi connectivity index (χ3n) is 5.57. The monoisotopic (exact) mass is 473 g/mol. The number of nitrogens with zero attached hydrogens (tertiary/aromatic N) is 6. The number of carbonyl (C=O) groups excluding carboxylic acids is 1. The summed E-state index contributed by atoms with van der Waals surface area (Å²) in [6.45, 7) is 5.24. The fourth-order valence-corrected chi connectivity index (χ4v) is 3.82. The fourth-order valence-electron chi connectivity index (χ4n) is 3.82. The van der Waals surface area contributed by atoms with E-state index in [-0.39, 0.29) is 46.8 Å². The molecular weight excluding hydrogens is 451 g/mol. The van der Waals surface area contributed by atoms with Crippen LogP contribution < -0.4 is 16.0 Å². The van der Waals surface area contributed by atoms with Gasteiger partial charge in [-0.2, -0.15) is 22.8 Å². The van der Waals surface area contributed by atoms with Crippen LogP contribution in [0.25, 0.3) is 27.9 Å². The second kappa shape index (κ2) is 8.24. The number of benzene rings is 1. The van der Waals surface area contributed by atoms with Crippen LogP contribution in [0, 0.1) is 0 Å². The number of alkyl halides is 3. The lowest BCUT2D eigenvalue weighted by Crippen LogP contribution is -2.42. The van der Waals surface area contributed by atoms with Gasteiger partial charge in [0.05, 0.1) is 22.8 Å². The van der Waals surface area contributed by atoms with Crippen molar-refractivity contribution in [1.29, 1.82) is 0 Å². The van der Waals surface area contributed by atoms with Gasteiger partial charge in [0.1, 0.15) is 6.04 Å². The molecule has 1 fully saturated rings. The van der Waals surface area contributed by atoms with Crippen molar-refractivity contribution >= 4 is 28.4 Å². The maximum Gasteiger partial charge on any atom is 0.418 e. The topological polar surface area (TPSA) is 114 Å². The number of anilines is 1. The van der Waals surface area contributed by atoms with Crippen molar-refractivity contribution < 1.29 is 18.0 Å². The van der Waals surface area contributed by atoms with Crippen LogP contribution in [0.5, 0.6) is 0 Å². The summed E-state index contributed by atoms with van der Waals surface area (Å²) in [6.07, 6.45) is -1.25. The predicted molar refractivity (Wildman–Crippen MR) is 118 cm³/mol. The van der Waals surface area contributed by atoms with Gasteiger partial charge in [-0.15, -0.1) is 5.10 Å². The number of hydrogen-bond acceptors (Lipinski definition) is 7. The first-order chi connectivity index (χ1) is 16.2. The van der Waals surface area contributed by atoms with Crippen molar-refractivity contribution in [3.8, 4) is 11.4 Å². The lowest BCUT2D eigenvalue weighted by molar-refractivity contribution is -0.136. The van der Waals surface area contributed by atoms with Crippen LogP contribution in [-0.4, -0.2) is 60.9 Å². The van der Waals surface area contributed by atoms with Gasteiger partial charge in [-0.3, -0.25) is 9.48 Å². The number of nitrogens with one attached hydrogen (secondary N) is 3. The third kappa shape index (κ3) is 3.91. The third-order valence-corrected chi connectivity index (χ3v) is 5.57. The van der Waals surface area contributed by atoms with E-state index >= 15 is 0 Å². The molecule has 4 aromatic rings. The fraction of sp³-hybridized carbons (Fsp3) is 0.381. The largest absolute Gasteiger partial charge is 0.418 e. The number of rotatable bonds is 4. The highest BCUT2D eigenvalue weighted by molar-refractivity contribution is 5.95. The molecule has 1 atom stereocenters. The van der Waals surface area contributed by atoms with Gasteiger partial charge in [-0.05, 0) is 26.0 Å². The molecule has 1 aromatic carbocycles. The van der Waals surface area contributed by atoms with Crippen LogP contribution in [0.15, 0.2) is 30.6 Å². The van der Waals surface area contributed by atoms with Crippen LogP contribution in [0.1, 0.15) is 25.5 Å². The highest BCUT2D eigenvalue weighted by Crippen LogP contribution is 2.36. The van der Waals surface area contributed by atoms with E-state index in [1.54, 1.807) is 17.1 Å². The number of amides is 1. The number of para-hydroxylation sites is 1. The van der Waals surface area contributed by atoms with E-state index in [1.807, 2.05) is 13.8 Å². The molecule has 0 radical (unpaired) electrons. The molecule has 1 saturated heterocycles. The molecule has 178 valence electrons. The molecule has 10 nitrogen and oxygen atoms in total. The molecule has 0 bridgehead atoms. The standard InChI is InChI=1S/C21H22F3N9O/c1-11(2)32-10-12(8-27-32)17-30-18-13-4-3-5-14(21(22,23)24)16(13)29-20(33(18)31-17)28-15-9-25-6-7-26-19(15)34/h3-5,8,10-11,15,25H,6-7,9H2,1-2H3,(H,26,34)(H,28,29)/t15-/m0/s1. The average molecular weight is 473 g/mol. The van der Waals surface area contributed by atoms with Gasteiger partial charge in [-0.25, -0.2) is 9.97 Å². The normalized spacial score (nSPS) is 17.4. The van der Waals surface area contributed by atoms with Crippen molar-refractivity contribution in [1.82, 2.24) is 40.0 Å². The Labute approximate surface area is 191 Å². The Hall–Kier alpha value is -3.74. The van der Waals surface area contributed by atoms with Crippen LogP contribution in [0.3, 0.4) is 0 Å². The first-order valence-corrected chi connectivity index (χ1v) is 10.8. The number of carbonyl (C=O) groups is 1. The smallest absolute Gasteiger partial charge is 0.353 e. The summed E-state index contributed by atoms with van der Waals surface area (Å²) in [4.78, 5) is 21.3. The van der Waals surface area contributed by atoms with Gasteiger partial charge in [-0.1, -0.05) is 6.07 Å². The molecule has 5 rings (SSSR count). The maximum absolute atomic E-state index is 13.8. The van der Waals surface area contributed by atoms with Gasteiger partial charge < -0.3 is 16.0 Å². The Kier molecular flexibility index (Phi) is 5.35. The highest BCUT2D eigenvalue weighted by Gasteiger charge is 2.34. The van der Waals surface area contributed by atoms with Crippen LogP contribution in [0.4, 0.5) is 19.1 Å². The zero-order valence-electron chi connectivity index (χ0n) is 18.4. The second-order valence-electron chi connectivity index (χ2n) is 8.30. The van der Waals surface area contributed by atoms with Crippen molar-refractivity contribution in [3.63, 3.8) is 0 Å². The molecule has 4 heterocycles. The van der Waals surface area contributed by atoms with E-state index in [1.165, 1.54) is 16.6 Å². The molecule has 34 heavy (non-hydrogen) atoms. The minimum Gasteiger partial charge on any atom is -0.353 e. The molecule has 1 amide bonds. The molecule has 0 saturated carbocycles. The van der Waals surface area contributed by atoms with Crippen molar-refractivity contribution in [2.75, 3.05) is 25.0 Å². The molecule has 0 unspecified atom stereocenters. The molecule has 3 aromatic heterocycles. The van der Waals surface area contributed by atoms with E-state index in [4.69, 9.17) is 0 Å². The van der Waals surface area contributed by atoms with E-state index in [2.05, 4.69) is 36.1 Å². The van der Waals surface area contributed by atoms with Crippen molar-refractivity contribution in [2.45, 2.75) is 32.1 Å². The lowest BCUT2D eigenvalue weighted by atomic mass is 10.1. The first kappa shape index (κ1) is 22.1. The maximum atomic E-state index is 13.8. The zero-order valence-corrected chi connectivity index (χ0v) is 18.4. The number of hydrogen-bond donors (Lipinski definition) is 3. The van der Waals surface area contributed by atoms with Gasteiger partial charge in [0.15, 0.2) is 11.5 Å². The number of aromatic nitrogens is 6. The summed E-state index contributed by atoms with van der Waals surface area (Å²) in [5.74, 6) is -0.0224. The Morgan fingerprint density at radius 1 is 1.21 bits per heavy atom. The van der Waals surface area contributed by atoms with Gasteiger partial charge in [0, 0.05) is 37.3 Å². The first-order valence-electron chi connectivity index (χ1n) is 10.8. The van der Waals surface area contributed by atoms with E-state index in [9.17, 15) is 18.0 Å². The summed E-state index contributed by atoms with van der Waals surface area (Å²) in [5, 5.41) is 17.8. The summed E-state index contributed by atoms with van der Waals surface area (Å²) < 4.78 is 44.4. The zero-order chi connectivity index (χ0) is 24.0. The highest BCUT2D eigenvalue weighted by atomic mass is 19.4. The van der Waals surface area contributed by atoms with E-state index in [0.29, 0.717) is 18.7 Å². The molecule has 1 aliphatic rings. The number of halogens is 3. The Bertz CT molecular complexity index is 1380. The SMILES string of the molecule is CC(C)n1cc(-c2nc3c4cccc(C(F)(F)F)c4nc(N[C@H]4CNCCNC4=O)n3n2)cn1. The van der Waals surface area contributed by atoms with Crippen LogP contribution in [0.2, 0.25) is 0 Å². The number of fused-ring (bicyclic) bond motifs is 3. The molecule has 0 aliphatic carbocycles. The Morgan fingerprint density at radius 3 is 2.76 bits per heavy atom. The Balaban J connectivity index is 1.71. The van der Waals surface area contributed by atoms with Crippen molar-refractivity contribution in [2.24, 2.45) is 0 Å². The van der Waals surface area contributed by atoms with Crippen LogP contribution >= 0.6 is 0 Å². The summed E-state index contributed by atoms with van der Waals surface area (Å²) in [5.41, 5.74) is -0.370. The average Bonchev–Trinajstić information content (AvgIpc) is 3.40. The minimum atomic E-state index is -4.62. The molecular formula is C21H22F3N9O. The second-order valence-corrected chi connectivity index (χ2v) is 8.30. The van der Waals surface area contributed by atoms with E-state index in [0.717, 1.165) is 6.07 Å². The summed E-state index contributed by atoms with van der Waals surface area (Å²) >= 11 is 0. The quantitative estimate of drug-likeness (QED) is 0.417. The predicted octanol–water partition coefficient (Wildman–Crippen LogP) is 2.24. The molecule has 13 heteroatoms. The minimum absolute atomic E-state index is 0.0157. The van der Waals surface area contributed by atoms with Gasteiger partial charge in [0.25, 0.3) is 0 Å². The lowest BCUT2D eigenvalue weighted by Gasteiger charge is -2.17. The van der Waals surface area contributed by atoms with Crippen molar-refractivity contribution in [3.05, 3.63) is 36.2 Å². The van der Waals surface area contributed by atoms with E-state index < -0.39 is 17.8 Å². The van der Waals surface area contributed by atoms with Crippen LogP contribution in [-0.2, 0) is 11.0 Å². The molecule has 1 aliphatic heterocycles. The van der Waals surface area contributed by atoms with Gasteiger partial charge >= 0.3 is 6.18 Å². The molecule has 3 N–H and O–H groups in total. The summed E-state index contributed by atoms with van der Waals surface area (Å²) in [7, 11) is 0. The molecule has 0 spiro atoms. The van der Waals surface area contributed by atoms with Gasteiger partial charge in [0.2, 0.25) is 11.9 Å². The Morgan fingerprint density at radius 2 is 2.03 bits per heavy atom. The summed E-state index contributed by atoms with van der Waals surface area (Å²) in [6, 6.07) is 3.16.